The molecule has 0 spiro atoms. The van der Waals surface area contributed by atoms with Crippen LogP contribution in [0.5, 0.6) is 28.7 Å². The van der Waals surface area contributed by atoms with E-state index in [-0.39, 0.29) is 11.7 Å². The lowest BCUT2D eigenvalue weighted by Crippen LogP contribution is -2.15. The molecule has 0 unspecified atom stereocenters. The van der Waals surface area contributed by atoms with Crippen molar-refractivity contribution in [2.24, 2.45) is 0 Å². The number of benzene rings is 2. The number of ether oxygens (including phenoxy) is 5. The van der Waals surface area contributed by atoms with Gasteiger partial charge in [0.1, 0.15) is 11.5 Å². The molecule has 1 heterocycles. The van der Waals surface area contributed by atoms with Crippen molar-refractivity contribution in [3.8, 4) is 40.1 Å². The van der Waals surface area contributed by atoms with Crippen molar-refractivity contribution in [3.63, 3.8) is 0 Å². The van der Waals surface area contributed by atoms with Crippen LogP contribution in [0.4, 0.5) is 5.69 Å². The summed E-state index contributed by atoms with van der Waals surface area (Å²) in [6, 6.07) is 6.75. The quantitative estimate of drug-likeness (QED) is 0.264. The van der Waals surface area contributed by atoms with Crippen LogP contribution in [0, 0.1) is 0 Å². The molecule has 0 radical (unpaired) electrons. The van der Waals surface area contributed by atoms with Crippen molar-refractivity contribution in [1.82, 2.24) is 14.8 Å². The Morgan fingerprint density at radius 2 is 1.61 bits per heavy atom. The molecule has 12 heteroatoms. The maximum Gasteiger partial charge on any atom is 0.234 e. The van der Waals surface area contributed by atoms with Gasteiger partial charge in [0.15, 0.2) is 22.5 Å². The summed E-state index contributed by atoms with van der Waals surface area (Å²) in [7, 11) is 7.61. The predicted molar refractivity (Wildman–Crippen MR) is 139 cm³/mol. The van der Waals surface area contributed by atoms with Crippen LogP contribution >= 0.6 is 23.4 Å². The summed E-state index contributed by atoms with van der Waals surface area (Å²) in [6.45, 7) is 4.25. The van der Waals surface area contributed by atoms with Crippen molar-refractivity contribution < 1.29 is 28.5 Å². The van der Waals surface area contributed by atoms with Crippen LogP contribution in [0.15, 0.2) is 42.1 Å². The minimum Gasteiger partial charge on any atom is -0.495 e. The molecule has 3 rings (SSSR count). The van der Waals surface area contributed by atoms with E-state index in [0.29, 0.717) is 62.5 Å². The molecule has 0 bridgehead atoms. The first-order valence-corrected chi connectivity index (χ1v) is 12.0. The third-order valence-electron chi connectivity index (χ3n) is 5.03. The molecule has 1 aromatic heterocycles. The number of thioether (sulfide) groups is 1. The molecule has 0 atom stereocenters. The number of rotatable bonds is 12. The highest BCUT2D eigenvalue weighted by atomic mass is 35.5. The van der Waals surface area contributed by atoms with E-state index in [0.717, 1.165) is 0 Å². The molecular formula is C24H27ClN4O6S. The van der Waals surface area contributed by atoms with Gasteiger partial charge >= 0.3 is 0 Å². The molecule has 0 aliphatic rings. The summed E-state index contributed by atoms with van der Waals surface area (Å²) in [6.07, 6.45) is 1.72. The lowest BCUT2D eigenvalue weighted by Gasteiger charge is -2.15. The number of aromatic nitrogens is 3. The van der Waals surface area contributed by atoms with E-state index >= 15 is 0 Å². The fraction of sp³-hybridized carbons (Fsp3) is 0.292. The van der Waals surface area contributed by atoms with Gasteiger partial charge in [-0.3, -0.25) is 9.36 Å². The SMILES string of the molecule is C=CCn1c(SCC(=O)Nc2cc(OC)c(Cl)cc2OC)nnc1-c1cc(OC)c(OC)c(OC)c1. The molecule has 192 valence electrons. The third-order valence-corrected chi connectivity index (χ3v) is 6.29. The van der Waals surface area contributed by atoms with Crippen molar-refractivity contribution in [2.75, 3.05) is 46.6 Å². The van der Waals surface area contributed by atoms with Crippen LogP contribution in [0.1, 0.15) is 0 Å². The number of hydrogen-bond acceptors (Lipinski definition) is 9. The fourth-order valence-corrected chi connectivity index (χ4v) is 4.37. The van der Waals surface area contributed by atoms with E-state index in [1.54, 1.807) is 44.6 Å². The second-order valence-corrected chi connectivity index (χ2v) is 8.49. The fourth-order valence-electron chi connectivity index (χ4n) is 3.39. The Labute approximate surface area is 218 Å². The molecule has 0 fully saturated rings. The molecule has 0 saturated heterocycles. The molecule has 0 aliphatic heterocycles. The van der Waals surface area contributed by atoms with Crippen molar-refractivity contribution >= 4 is 35.0 Å². The smallest absolute Gasteiger partial charge is 0.234 e. The largest absolute Gasteiger partial charge is 0.495 e. The number of carbonyl (C=O) groups excluding carboxylic acids is 1. The number of hydrogen-bond donors (Lipinski definition) is 1. The van der Waals surface area contributed by atoms with Gasteiger partial charge in [-0.2, -0.15) is 0 Å². The van der Waals surface area contributed by atoms with Crippen LogP contribution < -0.4 is 29.0 Å². The third kappa shape index (κ3) is 5.80. The van der Waals surface area contributed by atoms with Gasteiger partial charge in [0.25, 0.3) is 0 Å². The Bertz CT molecular complexity index is 1220. The number of amides is 1. The van der Waals surface area contributed by atoms with E-state index in [2.05, 4.69) is 22.1 Å². The van der Waals surface area contributed by atoms with Gasteiger partial charge < -0.3 is 29.0 Å². The Morgan fingerprint density at radius 3 is 2.17 bits per heavy atom. The molecule has 1 amide bonds. The molecule has 0 aliphatic carbocycles. The summed E-state index contributed by atoms with van der Waals surface area (Å²) < 4.78 is 28.7. The molecule has 36 heavy (non-hydrogen) atoms. The van der Waals surface area contributed by atoms with Crippen molar-refractivity contribution in [2.45, 2.75) is 11.7 Å². The second kappa shape index (κ2) is 12.4. The lowest BCUT2D eigenvalue weighted by atomic mass is 10.1. The molecule has 1 N–H and O–H groups in total. The standard InChI is InChI=1S/C24H27ClN4O6S/c1-7-8-29-23(14-9-19(33-4)22(35-6)20(10-14)34-5)27-28-24(29)36-13-21(30)26-16-12-17(31-2)15(25)11-18(16)32-3/h7,9-12H,1,8,13H2,2-6H3,(H,26,30). The highest BCUT2D eigenvalue weighted by Crippen LogP contribution is 2.41. The van der Waals surface area contributed by atoms with E-state index in [1.807, 2.05) is 4.57 Å². The first-order chi connectivity index (χ1) is 17.4. The molecule has 0 saturated carbocycles. The van der Waals surface area contributed by atoms with E-state index in [1.165, 1.54) is 33.1 Å². The number of allylic oxidation sites excluding steroid dienone is 1. The zero-order chi connectivity index (χ0) is 26.2. The van der Waals surface area contributed by atoms with Gasteiger partial charge in [0.05, 0.1) is 52.0 Å². The van der Waals surface area contributed by atoms with Crippen molar-refractivity contribution in [1.29, 1.82) is 0 Å². The van der Waals surface area contributed by atoms with Crippen LogP contribution in [-0.2, 0) is 11.3 Å². The number of anilines is 1. The normalized spacial score (nSPS) is 10.5. The molecule has 10 nitrogen and oxygen atoms in total. The van der Waals surface area contributed by atoms with E-state index in [9.17, 15) is 4.79 Å². The van der Waals surface area contributed by atoms with Crippen LogP contribution in [0.2, 0.25) is 5.02 Å². The minimum atomic E-state index is -0.273. The molecular weight excluding hydrogens is 508 g/mol. The zero-order valence-corrected chi connectivity index (χ0v) is 22.2. The van der Waals surface area contributed by atoms with Crippen molar-refractivity contribution in [3.05, 3.63) is 41.9 Å². The van der Waals surface area contributed by atoms with Gasteiger partial charge in [0, 0.05) is 24.2 Å². The Hall–Kier alpha value is -3.57. The van der Waals surface area contributed by atoms with Crippen LogP contribution in [0.3, 0.4) is 0 Å². The maximum atomic E-state index is 12.7. The average Bonchev–Trinajstić information content (AvgIpc) is 3.29. The highest BCUT2D eigenvalue weighted by Gasteiger charge is 2.20. The topological polar surface area (TPSA) is 106 Å². The summed E-state index contributed by atoms with van der Waals surface area (Å²) in [5.74, 6) is 2.63. The predicted octanol–water partition coefficient (Wildman–Crippen LogP) is 4.56. The van der Waals surface area contributed by atoms with Gasteiger partial charge in [-0.15, -0.1) is 16.8 Å². The number of methoxy groups -OCH3 is 5. The number of halogens is 1. The van der Waals surface area contributed by atoms with Gasteiger partial charge in [-0.1, -0.05) is 29.4 Å². The monoisotopic (exact) mass is 534 g/mol. The van der Waals surface area contributed by atoms with E-state index in [4.69, 9.17) is 35.3 Å². The molecule has 2 aromatic carbocycles. The number of nitrogens with one attached hydrogen (secondary N) is 1. The Morgan fingerprint density at radius 1 is 0.972 bits per heavy atom. The summed E-state index contributed by atoms with van der Waals surface area (Å²) in [4.78, 5) is 12.7. The summed E-state index contributed by atoms with van der Waals surface area (Å²) >= 11 is 7.37. The average molecular weight is 535 g/mol. The Kier molecular flexibility index (Phi) is 9.31. The Balaban J connectivity index is 1.84. The lowest BCUT2D eigenvalue weighted by molar-refractivity contribution is -0.113. The number of nitrogens with zero attached hydrogens (tertiary/aromatic N) is 3. The van der Waals surface area contributed by atoms with Gasteiger partial charge in [-0.25, -0.2) is 0 Å². The molecule has 3 aromatic rings. The van der Waals surface area contributed by atoms with Gasteiger partial charge in [-0.05, 0) is 12.1 Å². The zero-order valence-electron chi connectivity index (χ0n) is 20.6. The second-order valence-electron chi connectivity index (χ2n) is 7.14. The highest BCUT2D eigenvalue weighted by molar-refractivity contribution is 7.99. The van der Waals surface area contributed by atoms with Gasteiger partial charge in [0.2, 0.25) is 11.7 Å². The maximum absolute atomic E-state index is 12.7. The van der Waals surface area contributed by atoms with E-state index < -0.39 is 0 Å². The summed E-state index contributed by atoms with van der Waals surface area (Å²) in [5.41, 5.74) is 1.14. The van der Waals surface area contributed by atoms with Crippen LogP contribution in [0.25, 0.3) is 11.4 Å². The first kappa shape index (κ1) is 27.0. The number of carbonyl (C=O) groups is 1. The van der Waals surface area contributed by atoms with Crippen LogP contribution in [-0.4, -0.2) is 62.0 Å². The first-order valence-electron chi connectivity index (χ1n) is 10.6. The summed E-state index contributed by atoms with van der Waals surface area (Å²) in [5, 5.41) is 12.4. The minimum absolute atomic E-state index is 0.0681.